The Morgan fingerprint density at radius 2 is 2.19 bits per heavy atom. The number of rotatable bonds is 1. The van der Waals surface area contributed by atoms with Crippen molar-refractivity contribution in [3.05, 3.63) is 0 Å². The fourth-order valence-corrected chi connectivity index (χ4v) is 2.02. The topological polar surface area (TPSA) is 29.5 Å². The van der Waals surface area contributed by atoms with E-state index < -0.39 is 5.60 Å². The maximum absolute atomic E-state index is 11.9. The van der Waals surface area contributed by atoms with Crippen molar-refractivity contribution in [1.82, 2.24) is 4.90 Å². The molecular formula is C13H21NO2. The van der Waals surface area contributed by atoms with E-state index in [4.69, 9.17) is 11.2 Å². The molecule has 0 aliphatic carbocycles. The molecule has 1 amide bonds. The Labute approximate surface area is 98.1 Å². The van der Waals surface area contributed by atoms with Crippen LogP contribution in [-0.2, 0) is 4.74 Å². The monoisotopic (exact) mass is 223 g/mol. The zero-order chi connectivity index (χ0) is 12.3. The van der Waals surface area contributed by atoms with Crippen LogP contribution in [0.1, 0.15) is 40.5 Å². The Balaban J connectivity index is 2.64. The largest absolute Gasteiger partial charge is 0.444 e. The number of amides is 1. The Morgan fingerprint density at radius 1 is 1.56 bits per heavy atom. The normalized spacial score (nSPS) is 25.3. The highest BCUT2D eigenvalue weighted by molar-refractivity contribution is 5.69. The van der Waals surface area contributed by atoms with Gasteiger partial charge in [0.15, 0.2) is 0 Å². The van der Waals surface area contributed by atoms with Crippen molar-refractivity contribution in [1.29, 1.82) is 0 Å². The van der Waals surface area contributed by atoms with Gasteiger partial charge >= 0.3 is 6.09 Å². The summed E-state index contributed by atoms with van der Waals surface area (Å²) in [5.41, 5.74) is -0.441. The minimum atomic E-state index is -0.441. The number of carbonyl (C=O) groups excluding carboxylic acids is 1. The third-order valence-electron chi connectivity index (χ3n) is 2.61. The SMILES string of the molecule is C#CC[C@@H]1C[C@@H](C)CN1C(=O)OC(C)(C)C. The van der Waals surface area contributed by atoms with Crippen LogP contribution in [-0.4, -0.2) is 29.2 Å². The summed E-state index contributed by atoms with van der Waals surface area (Å²) in [4.78, 5) is 13.7. The molecule has 2 atom stereocenters. The van der Waals surface area contributed by atoms with Crippen LogP contribution in [0.3, 0.4) is 0 Å². The molecule has 0 aromatic rings. The van der Waals surface area contributed by atoms with Crippen LogP contribution in [0.2, 0.25) is 0 Å². The molecular weight excluding hydrogens is 202 g/mol. The molecule has 1 saturated heterocycles. The summed E-state index contributed by atoms with van der Waals surface area (Å²) in [5.74, 6) is 3.13. The van der Waals surface area contributed by atoms with Gasteiger partial charge in [0.05, 0.1) is 0 Å². The van der Waals surface area contributed by atoms with E-state index in [1.54, 1.807) is 4.90 Å². The summed E-state index contributed by atoms with van der Waals surface area (Å²) < 4.78 is 5.36. The van der Waals surface area contributed by atoms with E-state index in [1.807, 2.05) is 20.8 Å². The van der Waals surface area contributed by atoms with Crippen LogP contribution in [0.25, 0.3) is 0 Å². The van der Waals surface area contributed by atoms with Crippen LogP contribution in [0.5, 0.6) is 0 Å². The summed E-state index contributed by atoms with van der Waals surface area (Å²) in [6, 6.07) is 0.148. The van der Waals surface area contributed by atoms with E-state index in [-0.39, 0.29) is 12.1 Å². The molecule has 1 heterocycles. The molecule has 0 radical (unpaired) electrons. The highest BCUT2D eigenvalue weighted by Gasteiger charge is 2.34. The summed E-state index contributed by atoms with van der Waals surface area (Å²) in [6.45, 7) is 8.51. The lowest BCUT2D eigenvalue weighted by Crippen LogP contribution is -2.39. The van der Waals surface area contributed by atoms with E-state index in [0.717, 1.165) is 13.0 Å². The minimum Gasteiger partial charge on any atom is -0.444 e. The standard InChI is InChI=1S/C13H21NO2/c1-6-7-11-8-10(2)9-14(11)12(15)16-13(3,4)5/h1,10-11H,7-9H2,2-5H3/t10-,11-/m1/s1. The van der Waals surface area contributed by atoms with Crippen LogP contribution in [0.4, 0.5) is 4.79 Å². The highest BCUT2D eigenvalue weighted by Crippen LogP contribution is 2.26. The molecule has 0 N–H and O–H groups in total. The Kier molecular flexibility index (Phi) is 3.85. The van der Waals surface area contributed by atoms with Crippen molar-refractivity contribution in [2.75, 3.05) is 6.54 Å². The maximum atomic E-state index is 11.9. The van der Waals surface area contributed by atoms with Gasteiger partial charge in [-0.3, -0.25) is 0 Å². The zero-order valence-electron chi connectivity index (χ0n) is 10.6. The molecule has 1 rings (SSSR count). The van der Waals surface area contributed by atoms with Crippen molar-refractivity contribution in [3.63, 3.8) is 0 Å². The lowest BCUT2D eigenvalue weighted by atomic mass is 10.1. The second-order valence-electron chi connectivity index (χ2n) is 5.54. The smallest absolute Gasteiger partial charge is 0.410 e. The molecule has 90 valence electrons. The molecule has 3 nitrogen and oxygen atoms in total. The molecule has 1 fully saturated rings. The summed E-state index contributed by atoms with van der Waals surface area (Å²) in [7, 11) is 0. The molecule has 16 heavy (non-hydrogen) atoms. The van der Waals surface area contributed by atoms with Gasteiger partial charge < -0.3 is 9.64 Å². The van der Waals surface area contributed by atoms with Gasteiger partial charge in [-0.15, -0.1) is 12.3 Å². The molecule has 0 bridgehead atoms. The molecule has 0 spiro atoms. The maximum Gasteiger partial charge on any atom is 0.410 e. The first-order valence-corrected chi connectivity index (χ1v) is 5.76. The minimum absolute atomic E-state index is 0.148. The molecule has 1 aliphatic rings. The fraction of sp³-hybridized carbons (Fsp3) is 0.769. The lowest BCUT2D eigenvalue weighted by molar-refractivity contribution is 0.0225. The van der Waals surface area contributed by atoms with Gasteiger partial charge in [0.25, 0.3) is 0 Å². The van der Waals surface area contributed by atoms with Gasteiger partial charge in [0.1, 0.15) is 5.60 Å². The number of carbonyl (C=O) groups is 1. The lowest BCUT2D eigenvalue weighted by Gasteiger charge is -2.27. The van der Waals surface area contributed by atoms with Gasteiger partial charge in [-0.05, 0) is 33.1 Å². The predicted octanol–water partition coefficient (Wildman–Crippen LogP) is 2.66. The number of likely N-dealkylation sites (tertiary alicyclic amines) is 1. The van der Waals surface area contributed by atoms with Gasteiger partial charge in [-0.25, -0.2) is 4.79 Å². The first kappa shape index (κ1) is 12.9. The number of ether oxygens (including phenoxy) is 1. The van der Waals surface area contributed by atoms with Crippen molar-refractivity contribution in [2.45, 2.75) is 52.2 Å². The quantitative estimate of drug-likeness (QED) is 0.640. The second-order valence-corrected chi connectivity index (χ2v) is 5.54. The van der Waals surface area contributed by atoms with Gasteiger partial charge in [-0.2, -0.15) is 0 Å². The summed E-state index contributed by atoms with van der Waals surface area (Å²) in [6.07, 6.45) is 6.67. The predicted molar refractivity (Wildman–Crippen MR) is 64.0 cm³/mol. The molecule has 3 heteroatoms. The van der Waals surface area contributed by atoms with Gasteiger partial charge in [0.2, 0.25) is 0 Å². The number of hydrogen-bond donors (Lipinski definition) is 0. The van der Waals surface area contributed by atoms with Crippen molar-refractivity contribution < 1.29 is 9.53 Å². The zero-order valence-corrected chi connectivity index (χ0v) is 10.6. The number of hydrogen-bond acceptors (Lipinski definition) is 2. The highest BCUT2D eigenvalue weighted by atomic mass is 16.6. The second kappa shape index (κ2) is 4.78. The van der Waals surface area contributed by atoms with E-state index in [1.165, 1.54) is 0 Å². The average molecular weight is 223 g/mol. The Bertz CT molecular complexity index is 298. The molecule has 0 aromatic heterocycles. The van der Waals surface area contributed by atoms with E-state index in [0.29, 0.717) is 12.3 Å². The number of terminal acetylenes is 1. The molecule has 0 aromatic carbocycles. The Morgan fingerprint density at radius 3 is 2.69 bits per heavy atom. The van der Waals surface area contributed by atoms with E-state index in [2.05, 4.69) is 12.8 Å². The fourth-order valence-electron chi connectivity index (χ4n) is 2.02. The third-order valence-corrected chi connectivity index (χ3v) is 2.61. The first-order chi connectivity index (χ1) is 7.33. The first-order valence-electron chi connectivity index (χ1n) is 5.76. The Hall–Kier alpha value is -1.17. The summed E-state index contributed by atoms with van der Waals surface area (Å²) in [5, 5.41) is 0. The van der Waals surface area contributed by atoms with Crippen molar-refractivity contribution >= 4 is 6.09 Å². The molecule has 0 unspecified atom stereocenters. The van der Waals surface area contributed by atoms with Crippen LogP contribution in [0, 0.1) is 18.3 Å². The van der Waals surface area contributed by atoms with Crippen LogP contribution in [0.15, 0.2) is 0 Å². The third kappa shape index (κ3) is 3.44. The van der Waals surface area contributed by atoms with Crippen LogP contribution < -0.4 is 0 Å². The van der Waals surface area contributed by atoms with Gasteiger partial charge in [0, 0.05) is 19.0 Å². The summed E-state index contributed by atoms with van der Waals surface area (Å²) >= 11 is 0. The van der Waals surface area contributed by atoms with Crippen molar-refractivity contribution in [2.24, 2.45) is 5.92 Å². The van der Waals surface area contributed by atoms with Crippen molar-refractivity contribution in [3.8, 4) is 12.3 Å². The number of nitrogens with zero attached hydrogens (tertiary/aromatic N) is 1. The van der Waals surface area contributed by atoms with E-state index >= 15 is 0 Å². The molecule has 1 aliphatic heterocycles. The van der Waals surface area contributed by atoms with Gasteiger partial charge in [-0.1, -0.05) is 6.92 Å². The average Bonchev–Trinajstić information content (AvgIpc) is 2.44. The van der Waals surface area contributed by atoms with E-state index in [9.17, 15) is 4.79 Å². The van der Waals surface area contributed by atoms with Crippen LogP contribution >= 0.6 is 0 Å². The molecule has 0 saturated carbocycles.